The van der Waals surface area contributed by atoms with Gasteiger partial charge in [0.15, 0.2) is 0 Å². The maximum Gasteiger partial charge on any atom is 0.0626 e. The number of pyridine rings is 1. The summed E-state index contributed by atoms with van der Waals surface area (Å²) in [5, 5.41) is 0. The molecule has 0 aromatic carbocycles. The van der Waals surface area contributed by atoms with Crippen molar-refractivity contribution in [1.29, 1.82) is 0 Å². The molecule has 0 unspecified atom stereocenters. The summed E-state index contributed by atoms with van der Waals surface area (Å²) in [4.78, 5) is 4.18. The molecule has 1 fully saturated rings. The molecule has 0 spiro atoms. The molecule has 1 aromatic heterocycles. The van der Waals surface area contributed by atoms with Crippen LogP contribution in [0.1, 0.15) is 36.4 Å². The van der Waals surface area contributed by atoms with Crippen molar-refractivity contribution < 1.29 is 0 Å². The summed E-state index contributed by atoms with van der Waals surface area (Å²) in [5.41, 5.74) is 2.44. The third-order valence-electron chi connectivity index (χ3n) is 2.59. The van der Waals surface area contributed by atoms with Crippen LogP contribution in [0.4, 0.5) is 0 Å². The Labute approximate surface area is 73.1 Å². The predicted molar refractivity (Wildman–Crippen MR) is 50.9 cm³/mol. The van der Waals surface area contributed by atoms with Crippen LogP contribution in [0.15, 0.2) is 24.9 Å². The topological polar surface area (TPSA) is 12.9 Å². The van der Waals surface area contributed by atoms with E-state index in [1.165, 1.54) is 24.8 Å². The third-order valence-corrected chi connectivity index (χ3v) is 2.59. The largest absolute Gasteiger partial charge is 0.257 e. The van der Waals surface area contributed by atoms with Crippen LogP contribution < -0.4 is 0 Å². The fraction of sp³-hybridized carbons (Fsp3) is 0.364. The highest BCUT2D eigenvalue weighted by atomic mass is 14.7. The smallest absolute Gasteiger partial charge is 0.0626 e. The van der Waals surface area contributed by atoms with Gasteiger partial charge in [0.05, 0.1) is 5.69 Å². The van der Waals surface area contributed by atoms with E-state index in [1.54, 1.807) is 0 Å². The van der Waals surface area contributed by atoms with Crippen LogP contribution >= 0.6 is 0 Å². The molecule has 1 heteroatoms. The summed E-state index contributed by atoms with van der Waals surface area (Å²) < 4.78 is 0. The average Bonchev–Trinajstić information content (AvgIpc) is 2.02. The number of aromatic nitrogens is 1. The molecule has 0 N–H and O–H groups in total. The van der Waals surface area contributed by atoms with E-state index in [1.807, 2.05) is 12.3 Å². The Hall–Kier alpha value is -1.11. The monoisotopic (exact) mass is 159 g/mol. The van der Waals surface area contributed by atoms with Gasteiger partial charge in [0.25, 0.3) is 0 Å². The molecule has 0 amide bonds. The van der Waals surface area contributed by atoms with Crippen molar-refractivity contribution in [2.75, 3.05) is 0 Å². The van der Waals surface area contributed by atoms with E-state index in [0.29, 0.717) is 0 Å². The van der Waals surface area contributed by atoms with E-state index in [4.69, 9.17) is 0 Å². The van der Waals surface area contributed by atoms with E-state index < -0.39 is 0 Å². The average molecular weight is 159 g/mol. The van der Waals surface area contributed by atoms with Crippen molar-refractivity contribution in [2.24, 2.45) is 0 Å². The molecule has 1 aromatic rings. The standard InChI is InChI=1S/C11H13N/c1-2-11-8-10(6-7-12-11)9-4-3-5-9/h2,6-9H,1,3-5H2. The lowest BCUT2D eigenvalue weighted by molar-refractivity contribution is 0.419. The summed E-state index contributed by atoms with van der Waals surface area (Å²) in [6, 6.07) is 4.27. The van der Waals surface area contributed by atoms with Crippen molar-refractivity contribution in [3.63, 3.8) is 0 Å². The van der Waals surface area contributed by atoms with E-state index in [9.17, 15) is 0 Å². The van der Waals surface area contributed by atoms with Crippen LogP contribution in [0.25, 0.3) is 6.08 Å². The fourth-order valence-electron chi connectivity index (χ4n) is 1.57. The lowest BCUT2D eigenvalue weighted by Crippen LogP contribution is -2.08. The first-order valence-corrected chi connectivity index (χ1v) is 4.48. The van der Waals surface area contributed by atoms with Gasteiger partial charge in [-0.1, -0.05) is 13.0 Å². The lowest BCUT2D eigenvalue weighted by atomic mass is 9.80. The van der Waals surface area contributed by atoms with E-state index in [0.717, 1.165) is 11.6 Å². The molecular weight excluding hydrogens is 146 g/mol. The molecule has 12 heavy (non-hydrogen) atoms. The van der Waals surface area contributed by atoms with E-state index in [-0.39, 0.29) is 0 Å². The van der Waals surface area contributed by atoms with Crippen LogP contribution in [0, 0.1) is 0 Å². The van der Waals surface area contributed by atoms with Gasteiger partial charge in [-0.05, 0) is 42.5 Å². The zero-order chi connectivity index (χ0) is 8.39. The van der Waals surface area contributed by atoms with Crippen molar-refractivity contribution in [2.45, 2.75) is 25.2 Å². The van der Waals surface area contributed by atoms with Crippen molar-refractivity contribution >= 4 is 6.08 Å². The van der Waals surface area contributed by atoms with Gasteiger partial charge in [-0.15, -0.1) is 0 Å². The highest BCUT2D eigenvalue weighted by Gasteiger charge is 2.19. The predicted octanol–water partition coefficient (Wildman–Crippen LogP) is 2.99. The SMILES string of the molecule is C=Cc1cc(C2CCC2)ccn1. The number of hydrogen-bond donors (Lipinski definition) is 0. The van der Waals surface area contributed by atoms with Crippen LogP contribution in [-0.4, -0.2) is 4.98 Å². The van der Waals surface area contributed by atoms with Crippen LogP contribution in [0.3, 0.4) is 0 Å². The quantitative estimate of drug-likeness (QED) is 0.646. The second-order valence-electron chi connectivity index (χ2n) is 3.35. The van der Waals surface area contributed by atoms with Crippen molar-refractivity contribution in [3.05, 3.63) is 36.2 Å². The number of rotatable bonds is 2. The molecule has 1 aliphatic carbocycles. The molecule has 1 heterocycles. The summed E-state index contributed by atoms with van der Waals surface area (Å²) in [6.07, 6.45) is 7.77. The molecule has 0 radical (unpaired) electrons. The minimum absolute atomic E-state index is 0.798. The molecular formula is C11H13N. The summed E-state index contributed by atoms with van der Waals surface area (Å²) in [5.74, 6) is 0.798. The second kappa shape index (κ2) is 3.10. The normalized spacial score (nSPS) is 17.0. The fourth-order valence-corrected chi connectivity index (χ4v) is 1.57. The van der Waals surface area contributed by atoms with Gasteiger partial charge >= 0.3 is 0 Å². The number of nitrogens with zero attached hydrogens (tertiary/aromatic N) is 1. The number of hydrogen-bond acceptors (Lipinski definition) is 1. The van der Waals surface area contributed by atoms with Gasteiger partial charge in [0, 0.05) is 6.20 Å². The van der Waals surface area contributed by atoms with E-state index >= 15 is 0 Å². The summed E-state index contributed by atoms with van der Waals surface area (Å²) >= 11 is 0. The summed E-state index contributed by atoms with van der Waals surface area (Å²) in [7, 11) is 0. The molecule has 62 valence electrons. The maximum atomic E-state index is 4.18. The molecule has 1 saturated carbocycles. The van der Waals surface area contributed by atoms with Gasteiger partial charge in [-0.2, -0.15) is 0 Å². The molecule has 0 saturated heterocycles. The van der Waals surface area contributed by atoms with Gasteiger partial charge in [-0.25, -0.2) is 0 Å². The van der Waals surface area contributed by atoms with Crippen molar-refractivity contribution in [3.8, 4) is 0 Å². The van der Waals surface area contributed by atoms with Crippen molar-refractivity contribution in [1.82, 2.24) is 4.98 Å². The Morgan fingerprint density at radius 3 is 2.92 bits per heavy atom. The van der Waals surface area contributed by atoms with E-state index in [2.05, 4.69) is 23.7 Å². The second-order valence-corrected chi connectivity index (χ2v) is 3.35. The maximum absolute atomic E-state index is 4.18. The molecule has 0 aliphatic heterocycles. The highest BCUT2D eigenvalue weighted by molar-refractivity contribution is 5.43. The minimum Gasteiger partial charge on any atom is -0.257 e. The van der Waals surface area contributed by atoms with Gasteiger partial charge in [-0.3, -0.25) is 4.98 Å². The van der Waals surface area contributed by atoms with Gasteiger partial charge < -0.3 is 0 Å². The Morgan fingerprint density at radius 1 is 1.50 bits per heavy atom. The molecule has 2 rings (SSSR count). The first-order chi connectivity index (χ1) is 5.90. The van der Waals surface area contributed by atoms with Gasteiger partial charge in [0.1, 0.15) is 0 Å². The molecule has 0 bridgehead atoms. The Bertz CT molecular complexity index is 287. The summed E-state index contributed by atoms with van der Waals surface area (Å²) in [6.45, 7) is 3.71. The zero-order valence-corrected chi connectivity index (χ0v) is 7.16. The zero-order valence-electron chi connectivity index (χ0n) is 7.16. The highest BCUT2D eigenvalue weighted by Crippen LogP contribution is 2.36. The third kappa shape index (κ3) is 1.27. The Balaban J connectivity index is 2.25. The Kier molecular flexibility index (Phi) is 1.94. The first-order valence-electron chi connectivity index (χ1n) is 4.48. The van der Waals surface area contributed by atoms with Crippen LogP contribution in [-0.2, 0) is 0 Å². The van der Waals surface area contributed by atoms with Crippen LogP contribution in [0.5, 0.6) is 0 Å². The molecule has 1 nitrogen and oxygen atoms in total. The van der Waals surface area contributed by atoms with Gasteiger partial charge in [0.2, 0.25) is 0 Å². The Morgan fingerprint density at radius 2 is 2.33 bits per heavy atom. The minimum atomic E-state index is 0.798. The first kappa shape index (κ1) is 7.53. The molecule has 1 aliphatic rings. The molecule has 0 atom stereocenters. The lowest BCUT2D eigenvalue weighted by Gasteiger charge is -2.25. The van der Waals surface area contributed by atoms with Crippen LogP contribution in [0.2, 0.25) is 0 Å².